The molecule has 0 radical (unpaired) electrons. The van der Waals surface area contributed by atoms with Gasteiger partial charge in [-0.15, -0.1) is 10.2 Å². The second-order valence-corrected chi connectivity index (χ2v) is 8.22. The molecule has 0 bridgehead atoms. The molecule has 0 aromatic carbocycles. The van der Waals surface area contributed by atoms with Gasteiger partial charge in [-0.2, -0.15) is 0 Å². The third-order valence-electron chi connectivity index (χ3n) is 2.98. The van der Waals surface area contributed by atoms with E-state index in [2.05, 4.69) is 36.1 Å². The molecule has 1 N–H and O–H groups in total. The maximum absolute atomic E-state index is 11.1. The lowest BCUT2D eigenvalue weighted by Gasteiger charge is -2.15. The summed E-state index contributed by atoms with van der Waals surface area (Å²) in [6.07, 6.45) is 2.40. The van der Waals surface area contributed by atoms with Gasteiger partial charge < -0.3 is 0 Å². The van der Waals surface area contributed by atoms with Crippen LogP contribution in [-0.2, 0) is 21.7 Å². The Morgan fingerprint density at radius 1 is 1.32 bits per heavy atom. The highest BCUT2D eigenvalue weighted by Gasteiger charge is 2.18. The smallest absolute Gasteiger partial charge is 0.177 e. The predicted molar refractivity (Wildman–Crippen MR) is 74.1 cm³/mol. The SMILES string of the molecule is CC(C)(C)c1cc2nnc(CCCS(C)(=O)=O)n2[nH]1. The Bertz CT molecular complexity index is 676. The van der Waals surface area contributed by atoms with E-state index in [1.807, 2.05) is 10.6 Å². The quantitative estimate of drug-likeness (QED) is 0.918. The zero-order valence-corrected chi connectivity index (χ0v) is 12.6. The van der Waals surface area contributed by atoms with Crippen LogP contribution in [0.4, 0.5) is 0 Å². The molecule has 7 heteroatoms. The van der Waals surface area contributed by atoms with E-state index in [-0.39, 0.29) is 11.2 Å². The van der Waals surface area contributed by atoms with Crippen LogP contribution in [0, 0.1) is 0 Å². The van der Waals surface area contributed by atoms with Crippen molar-refractivity contribution in [2.75, 3.05) is 12.0 Å². The Morgan fingerprint density at radius 3 is 2.58 bits per heavy atom. The highest BCUT2D eigenvalue weighted by atomic mass is 32.2. The minimum absolute atomic E-state index is 0.0186. The third kappa shape index (κ3) is 3.34. The number of sulfone groups is 1. The molecule has 0 fully saturated rings. The monoisotopic (exact) mass is 284 g/mol. The van der Waals surface area contributed by atoms with Crippen LogP contribution in [0.2, 0.25) is 0 Å². The zero-order chi connectivity index (χ0) is 14.3. The van der Waals surface area contributed by atoms with E-state index in [1.54, 1.807) is 0 Å². The van der Waals surface area contributed by atoms with Gasteiger partial charge in [-0.25, -0.2) is 12.9 Å². The van der Waals surface area contributed by atoms with Crippen molar-refractivity contribution in [3.05, 3.63) is 17.6 Å². The van der Waals surface area contributed by atoms with Crippen LogP contribution in [0.25, 0.3) is 5.65 Å². The third-order valence-corrected chi connectivity index (χ3v) is 4.01. The van der Waals surface area contributed by atoms with E-state index >= 15 is 0 Å². The maximum atomic E-state index is 11.1. The molecule has 106 valence electrons. The van der Waals surface area contributed by atoms with Crippen LogP contribution in [0.5, 0.6) is 0 Å². The summed E-state index contributed by atoms with van der Waals surface area (Å²) in [4.78, 5) is 0. The Hall–Kier alpha value is -1.37. The summed E-state index contributed by atoms with van der Waals surface area (Å²) in [7, 11) is -2.92. The van der Waals surface area contributed by atoms with E-state index < -0.39 is 9.84 Å². The van der Waals surface area contributed by atoms with Gasteiger partial charge in [0.1, 0.15) is 9.84 Å². The van der Waals surface area contributed by atoms with E-state index in [9.17, 15) is 8.42 Å². The number of hydrogen-bond acceptors (Lipinski definition) is 4. The van der Waals surface area contributed by atoms with Crippen LogP contribution in [-0.4, -0.2) is 40.2 Å². The number of nitrogens with zero attached hydrogens (tertiary/aromatic N) is 3. The second kappa shape index (κ2) is 4.63. The van der Waals surface area contributed by atoms with Gasteiger partial charge in [0.15, 0.2) is 11.5 Å². The zero-order valence-electron chi connectivity index (χ0n) is 11.8. The van der Waals surface area contributed by atoms with Gasteiger partial charge in [0.05, 0.1) is 5.75 Å². The van der Waals surface area contributed by atoms with E-state index in [0.29, 0.717) is 12.8 Å². The van der Waals surface area contributed by atoms with Crippen molar-refractivity contribution in [3.8, 4) is 0 Å². The molecule has 0 unspecified atom stereocenters. The molecule has 0 saturated carbocycles. The van der Waals surface area contributed by atoms with Crippen LogP contribution in [0.1, 0.15) is 38.7 Å². The number of fused-ring (bicyclic) bond motifs is 1. The number of H-pyrrole nitrogens is 1. The lowest BCUT2D eigenvalue weighted by atomic mass is 9.93. The first-order chi connectivity index (χ1) is 8.67. The minimum atomic E-state index is -2.92. The van der Waals surface area contributed by atoms with E-state index in [4.69, 9.17) is 0 Å². The fourth-order valence-electron chi connectivity index (χ4n) is 1.87. The average molecular weight is 284 g/mol. The van der Waals surface area contributed by atoms with Gasteiger partial charge in [-0.3, -0.25) is 5.10 Å². The number of aromatic nitrogens is 4. The Morgan fingerprint density at radius 2 is 2.00 bits per heavy atom. The van der Waals surface area contributed by atoms with Crippen molar-refractivity contribution >= 4 is 15.5 Å². The summed E-state index contributed by atoms with van der Waals surface area (Å²) >= 11 is 0. The summed E-state index contributed by atoms with van der Waals surface area (Å²) in [6, 6.07) is 1.98. The maximum Gasteiger partial charge on any atom is 0.177 e. The molecule has 2 aromatic rings. The van der Waals surface area contributed by atoms with Crippen molar-refractivity contribution in [1.82, 2.24) is 19.8 Å². The molecule has 2 heterocycles. The topological polar surface area (TPSA) is 80.1 Å². The van der Waals surface area contributed by atoms with Gasteiger partial charge in [-0.1, -0.05) is 20.8 Å². The number of hydrogen-bond donors (Lipinski definition) is 1. The minimum Gasteiger partial charge on any atom is -0.295 e. The molecule has 6 nitrogen and oxygen atoms in total. The summed E-state index contributed by atoms with van der Waals surface area (Å²) < 4.78 is 24.1. The average Bonchev–Trinajstić information content (AvgIpc) is 2.76. The normalized spacial score (nSPS) is 13.3. The van der Waals surface area contributed by atoms with Gasteiger partial charge in [0.2, 0.25) is 0 Å². The summed E-state index contributed by atoms with van der Waals surface area (Å²) in [5.74, 6) is 0.948. The summed E-state index contributed by atoms with van der Waals surface area (Å²) in [5.41, 5.74) is 1.88. The molecule has 0 amide bonds. The van der Waals surface area contributed by atoms with Crippen molar-refractivity contribution in [2.45, 2.75) is 39.0 Å². The first-order valence-corrected chi connectivity index (χ1v) is 8.34. The van der Waals surface area contributed by atoms with Gasteiger partial charge in [0, 0.05) is 29.9 Å². The predicted octanol–water partition coefficient (Wildman–Crippen LogP) is 1.33. The Labute approximate surface area is 113 Å². The largest absolute Gasteiger partial charge is 0.295 e. The molecule has 0 aliphatic rings. The Balaban J connectivity index is 2.18. The van der Waals surface area contributed by atoms with Crippen LogP contribution in [0.3, 0.4) is 0 Å². The van der Waals surface area contributed by atoms with Crippen molar-refractivity contribution in [3.63, 3.8) is 0 Å². The van der Waals surface area contributed by atoms with Crippen molar-refractivity contribution < 1.29 is 8.42 Å². The number of nitrogens with one attached hydrogen (secondary N) is 1. The summed E-state index contributed by atoms with van der Waals surface area (Å²) in [5, 5.41) is 11.5. The molecule has 0 aliphatic carbocycles. The van der Waals surface area contributed by atoms with Crippen molar-refractivity contribution in [1.29, 1.82) is 0 Å². The van der Waals surface area contributed by atoms with Crippen molar-refractivity contribution in [2.24, 2.45) is 0 Å². The molecular formula is C12H20N4O2S. The van der Waals surface area contributed by atoms with Gasteiger partial charge >= 0.3 is 0 Å². The number of rotatable bonds is 4. The lowest BCUT2D eigenvalue weighted by Crippen LogP contribution is -2.12. The van der Waals surface area contributed by atoms with Crippen LogP contribution < -0.4 is 0 Å². The van der Waals surface area contributed by atoms with E-state index in [0.717, 1.165) is 17.2 Å². The standard InChI is InChI=1S/C12H20N4O2S/c1-12(2,3)9-8-11-14-13-10(16(11)15-9)6-5-7-19(4,17)18/h8,15H,5-7H2,1-4H3. The fourth-order valence-corrected chi connectivity index (χ4v) is 2.53. The van der Waals surface area contributed by atoms with Gasteiger partial charge in [-0.05, 0) is 6.42 Å². The molecule has 2 rings (SSSR count). The van der Waals surface area contributed by atoms with E-state index in [1.165, 1.54) is 6.26 Å². The van der Waals surface area contributed by atoms with Crippen LogP contribution in [0.15, 0.2) is 6.07 Å². The highest BCUT2D eigenvalue weighted by molar-refractivity contribution is 7.90. The molecule has 19 heavy (non-hydrogen) atoms. The molecule has 0 spiro atoms. The molecular weight excluding hydrogens is 264 g/mol. The lowest BCUT2D eigenvalue weighted by molar-refractivity contribution is 0.559. The fraction of sp³-hybridized carbons (Fsp3) is 0.667. The highest BCUT2D eigenvalue weighted by Crippen LogP contribution is 2.21. The first-order valence-electron chi connectivity index (χ1n) is 6.28. The Kier molecular flexibility index (Phi) is 3.42. The van der Waals surface area contributed by atoms with Gasteiger partial charge in [0.25, 0.3) is 0 Å². The molecule has 0 saturated heterocycles. The molecule has 0 aliphatic heterocycles. The first kappa shape index (κ1) is 14.0. The number of aromatic amines is 1. The molecule has 0 atom stereocenters. The number of aryl methyl sites for hydroxylation is 1. The summed E-state index contributed by atoms with van der Waals surface area (Å²) in [6.45, 7) is 6.36. The van der Waals surface area contributed by atoms with Crippen LogP contribution >= 0.6 is 0 Å². The molecule has 2 aromatic heterocycles. The second-order valence-electron chi connectivity index (χ2n) is 5.96.